The van der Waals surface area contributed by atoms with E-state index in [2.05, 4.69) is 5.32 Å². The molecule has 1 amide bonds. The monoisotopic (exact) mass is 312 g/mol. The lowest BCUT2D eigenvalue weighted by molar-refractivity contribution is 0.0948. The molecule has 2 rings (SSSR count). The standard InChI is InChI=1S/C14H20N2O4S/c1-2-20-13-6-5-11(21(15,18)19)9-12(13)14(17)16-8-7-10-3-4-10/h5-6,9-10H,2-4,7-8H2,1H3,(H,16,17)(H2,15,18,19). The van der Waals surface area contributed by atoms with Gasteiger partial charge in [-0.05, 0) is 37.5 Å². The van der Waals surface area contributed by atoms with Crippen molar-refractivity contribution in [3.8, 4) is 5.75 Å². The second-order valence-electron chi connectivity index (χ2n) is 5.12. The fourth-order valence-corrected chi connectivity index (χ4v) is 2.58. The Morgan fingerprint density at radius 3 is 2.71 bits per heavy atom. The molecule has 0 atom stereocenters. The molecule has 0 aromatic heterocycles. The van der Waals surface area contributed by atoms with Gasteiger partial charge >= 0.3 is 0 Å². The number of amides is 1. The van der Waals surface area contributed by atoms with Crippen LogP contribution in [0.25, 0.3) is 0 Å². The molecule has 1 saturated carbocycles. The second kappa shape index (κ2) is 6.44. The maximum atomic E-state index is 12.2. The smallest absolute Gasteiger partial charge is 0.255 e. The first-order chi connectivity index (χ1) is 9.91. The number of sulfonamides is 1. The van der Waals surface area contributed by atoms with Crippen molar-refractivity contribution in [2.45, 2.75) is 31.1 Å². The molecule has 21 heavy (non-hydrogen) atoms. The first-order valence-electron chi connectivity index (χ1n) is 6.99. The SMILES string of the molecule is CCOc1ccc(S(N)(=O)=O)cc1C(=O)NCCC1CC1. The van der Waals surface area contributed by atoms with Gasteiger partial charge in [-0.3, -0.25) is 4.79 Å². The van der Waals surface area contributed by atoms with Crippen molar-refractivity contribution >= 4 is 15.9 Å². The Balaban J connectivity index is 2.17. The van der Waals surface area contributed by atoms with E-state index in [4.69, 9.17) is 9.88 Å². The van der Waals surface area contributed by atoms with Crippen LogP contribution in [0.4, 0.5) is 0 Å². The van der Waals surface area contributed by atoms with Crippen molar-refractivity contribution in [3.05, 3.63) is 23.8 Å². The van der Waals surface area contributed by atoms with Crippen molar-refractivity contribution in [1.82, 2.24) is 5.32 Å². The highest BCUT2D eigenvalue weighted by Crippen LogP contribution is 2.31. The molecular formula is C14H20N2O4S. The fraction of sp³-hybridized carbons (Fsp3) is 0.500. The predicted molar refractivity (Wildman–Crippen MR) is 78.7 cm³/mol. The number of rotatable bonds is 7. The molecule has 1 fully saturated rings. The molecule has 1 aromatic carbocycles. The molecule has 0 bridgehead atoms. The summed E-state index contributed by atoms with van der Waals surface area (Å²) < 4.78 is 28.2. The summed E-state index contributed by atoms with van der Waals surface area (Å²) in [5.74, 6) is 0.728. The zero-order valence-corrected chi connectivity index (χ0v) is 12.8. The summed E-state index contributed by atoms with van der Waals surface area (Å²) in [6.45, 7) is 2.76. The third-order valence-corrected chi connectivity index (χ3v) is 4.27. The van der Waals surface area contributed by atoms with E-state index in [-0.39, 0.29) is 16.4 Å². The molecule has 0 heterocycles. The van der Waals surface area contributed by atoms with Gasteiger partial charge in [0.25, 0.3) is 5.91 Å². The highest BCUT2D eigenvalue weighted by Gasteiger charge is 2.22. The normalized spacial score (nSPS) is 14.8. The molecule has 0 saturated heterocycles. The topological polar surface area (TPSA) is 98.5 Å². The minimum atomic E-state index is -3.85. The number of nitrogens with two attached hydrogens (primary N) is 1. The highest BCUT2D eigenvalue weighted by atomic mass is 32.2. The van der Waals surface area contributed by atoms with Gasteiger partial charge in [0.05, 0.1) is 17.1 Å². The lowest BCUT2D eigenvalue weighted by Gasteiger charge is -2.12. The number of hydrogen-bond donors (Lipinski definition) is 2. The number of hydrogen-bond acceptors (Lipinski definition) is 4. The minimum Gasteiger partial charge on any atom is -0.493 e. The lowest BCUT2D eigenvalue weighted by Crippen LogP contribution is -2.26. The summed E-state index contributed by atoms with van der Waals surface area (Å²) in [7, 11) is -3.85. The Morgan fingerprint density at radius 1 is 1.43 bits per heavy atom. The number of carbonyl (C=O) groups excluding carboxylic acids is 1. The van der Waals surface area contributed by atoms with Crippen molar-refractivity contribution in [1.29, 1.82) is 0 Å². The molecular weight excluding hydrogens is 292 g/mol. The summed E-state index contributed by atoms with van der Waals surface area (Å²) in [5.41, 5.74) is 0.194. The molecule has 0 spiro atoms. The van der Waals surface area contributed by atoms with Gasteiger partial charge in [-0.15, -0.1) is 0 Å². The Bertz CT molecular complexity index is 624. The molecule has 0 radical (unpaired) electrons. The number of nitrogens with one attached hydrogen (secondary N) is 1. The summed E-state index contributed by atoms with van der Waals surface area (Å²) in [6.07, 6.45) is 3.40. The van der Waals surface area contributed by atoms with Gasteiger partial charge in [0, 0.05) is 6.54 Å². The molecule has 0 unspecified atom stereocenters. The van der Waals surface area contributed by atoms with Crippen LogP contribution in [-0.4, -0.2) is 27.5 Å². The van der Waals surface area contributed by atoms with E-state index in [1.165, 1.54) is 31.0 Å². The second-order valence-corrected chi connectivity index (χ2v) is 6.69. The van der Waals surface area contributed by atoms with Crippen molar-refractivity contribution in [3.63, 3.8) is 0 Å². The van der Waals surface area contributed by atoms with Crippen LogP contribution >= 0.6 is 0 Å². The van der Waals surface area contributed by atoms with Gasteiger partial charge in [-0.1, -0.05) is 12.8 Å². The van der Waals surface area contributed by atoms with E-state index in [0.29, 0.717) is 24.8 Å². The van der Waals surface area contributed by atoms with Crippen molar-refractivity contribution < 1.29 is 17.9 Å². The quantitative estimate of drug-likeness (QED) is 0.792. The Morgan fingerprint density at radius 2 is 2.14 bits per heavy atom. The average molecular weight is 312 g/mol. The molecule has 3 N–H and O–H groups in total. The van der Waals surface area contributed by atoms with Crippen molar-refractivity contribution in [2.24, 2.45) is 11.1 Å². The average Bonchev–Trinajstić information content (AvgIpc) is 3.22. The maximum Gasteiger partial charge on any atom is 0.255 e. The Labute approximate surface area is 124 Å². The first kappa shape index (κ1) is 15.8. The predicted octanol–water partition coefficient (Wildman–Crippen LogP) is 1.26. The molecule has 0 aliphatic heterocycles. The van der Waals surface area contributed by atoms with Gasteiger partial charge in [-0.2, -0.15) is 0 Å². The van der Waals surface area contributed by atoms with Crippen LogP contribution in [-0.2, 0) is 10.0 Å². The third-order valence-electron chi connectivity index (χ3n) is 3.36. The van der Waals surface area contributed by atoms with E-state index in [1.807, 2.05) is 0 Å². The van der Waals surface area contributed by atoms with Crippen LogP contribution in [0.15, 0.2) is 23.1 Å². The maximum absolute atomic E-state index is 12.2. The van der Waals surface area contributed by atoms with Gasteiger partial charge in [0.1, 0.15) is 5.75 Å². The van der Waals surface area contributed by atoms with E-state index in [9.17, 15) is 13.2 Å². The molecule has 1 aliphatic rings. The van der Waals surface area contributed by atoms with Crippen molar-refractivity contribution in [2.75, 3.05) is 13.2 Å². The third kappa shape index (κ3) is 4.44. The summed E-state index contributed by atoms with van der Waals surface area (Å²) in [6, 6.07) is 4.05. The number of carbonyl (C=O) groups is 1. The van der Waals surface area contributed by atoms with Crippen LogP contribution in [0, 0.1) is 5.92 Å². The van der Waals surface area contributed by atoms with Crippen LogP contribution in [0.1, 0.15) is 36.5 Å². The van der Waals surface area contributed by atoms with Crippen LogP contribution in [0.2, 0.25) is 0 Å². The molecule has 1 aromatic rings. The summed E-state index contributed by atoms with van der Waals surface area (Å²) in [5, 5.41) is 7.89. The van der Waals surface area contributed by atoms with Crippen LogP contribution in [0.3, 0.4) is 0 Å². The van der Waals surface area contributed by atoms with E-state index >= 15 is 0 Å². The van der Waals surface area contributed by atoms with Gasteiger partial charge in [0.15, 0.2) is 0 Å². The van der Waals surface area contributed by atoms with Gasteiger partial charge in [0.2, 0.25) is 10.0 Å². The fourth-order valence-electron chi connectivity index (χ4n) is 2.04. The lowest BCUT2D eigenvalue weighted by atomic mass is 10.2. The van der Waals surface area contributed by atoms with Gasteiger partial charge in [-0.25, -0.2) is 13.6 Å². The minimum absolute atomic E-state index is 0.0988. The first-order valence-corrected chi connectivity index (χ1v) is 8.54. The number of primary sulfonamides is 1. The van der Waals surface area contributed by atoms with E-state index in [0.717, 1.165) is 6.42 Å². The zero-order chi connectivity index (χ0) is 15.5. The number of benzene rings is 1. The van der Waals surface area contributed by atoms with E-state index < -0.39 is 10.0 Å². The van der Waals surface area contributed by atoms with Crippen LogP contribution in [0.5, 0.6) is 5.75 Å². The molecule has 6 nitrogen and oxygen atoms in total. The van der Waals surface area contributed by atoms with Gasteiger partial charge < -0.3 is 10.1 Å². The zero-order valence-electron chi connectivity index (χ0n) is 12.0. The highest BCUT2D eigenvalue weighted by molar-refractivity contribution is 7.89. The molecule has 7 heteroatoms. The largest absolute Gasteiger partial charge is 0.493 e. The Kier molecular flexibility index (Phi) is 4.84. The number of ether oxygens (including phenoxy) is 1. The Hall–Kier alpha value is -1.60. The summed E-state index contributed by atoms with van der Waals surface area (Å²) in [4.78, 5) is 12.1. The summed E-state index contributed by atoms with van der Waals surface area (Å²) >= 11 is 0. The molecule has 1 aliphatic carbocycles. The van der Waals surface area contributed by atoms with E-state index in [1.54, 1.807) is 6.92 Å². The molecule has 116 valence electrons. The van der Waals surface area contributed by atoms with Crippen LogP contribution < -0.4 is 15.2 Å².